The van der Waals surface area contributed by atoms with Crippen molar-refractivity contribution in [2.24, 2.45) is 5.73 Å². The van der Waals surface area contributed by atoms with Gasteiger partial charge >= 0.3 is 29.6 Å². The number of nitrogens with zero attached hydrogens (tertiary/aromatic N) is 12. The summed E-state index contributed by atoms with van der Waals surface area (Å²) >= 11 is 41.0. The van der Waals surface area contributed by atoms with E-state index in [2.05, 4.69) is 71.2 Å². The largest absolute Gasteiger partial charge is 0.477 e. The van der Waals surface area contributed by atoms with Crippen LogP contribution in [0.5, 0.6) is 0 Å². The summed E-state index contributed by atoms with van der Waals surface area (Å²) in [6.45, 7) is 5.48. The molecule has 14 rings (SSSR count). The summed E-state index contributed by atoms with van der Waals surface area (Å²) in [5.41, 5.74) is 17.8. The van der Waals surface area contributed by atoms with E-state index in [9.17, 15) is 38.9 Å². The third-order valence-corrected chi connectivity index (χ3v) is 18.1. The second-order valence-corrected chi connectivity index (χ2v) is 29.1. The molecular weight excluding hydrogens is 1760 g/mol. The SMILES string of the molecule is CCOC(=O)C(=CNc1cnc(Cc2cccc(Cl)c2)nc1)C(=O)OCC.CCOC(=O)c1c[nH]c2cnc(Cc3cccc(Cl)c3)nc2c1=O.N#CCc1cccc(Cl)c1.N=C(N)Cc1cccc(Cl)c1.Nc1cnc(Cc2cccc(Cl)c2)nc1.O=C(O)c1c[nH]c2cnc(Cc3cccc(Cl)c3)nc2c1=O.O=[N+]([O-])c1cnc(Cc2cccc(Cl)c2)nc1. The first-order chi connectivity index (χ1) is 60.5. The van der Waals surface area contributed by atoms with Crippen LogP contribution in [0.3, 0.4) is 0 Å². The molecule has 7 aromatic carbocycles. The van der Waals surface area contributed by atoms with Gasteiger partial charge in [-0.05, 0) is 145 Å². The van der Waals surface area contributed by atoms with E-state index in [0.717, 1.165) is 56.0 Å². The molecule has 0 unspecified atom stereocenters. The molecule has 7 heterocycles. The number of aromatic carboxylic acids is 1. The molecule has 0 radical (unpaired) electrons. The molecule has 0 aliphatic carbocycles. The average molecular weight is 1840 g/mol. The Bertz CT molecular complexity index is 6290. The first-order valence-corrected chi connectivity index (χ1v) is 40.4. The number of H-pyrrole nitrogens is 2. The van der Waals surface area contributed by atoms with Crippen LogP contribution >= 0.6 is 81.2 Å². The lowest BCUT2D eigenvalue weighted by atomic mass is 10.1. The molecule has 9 N–H and O–H groups in total. The van der Waals surface area contributed by atoms with Gasteiger partial charge in [0.2, 0.25) is 10.9 Å². The monoisotopic (exact) mass is 1830 g/mol. The van der Waals surface area contributed by atoms with Gasteiger partial charge in [0, 0.05) is 92.3 Å². The standard InChI is InChI=1S/C19H20ClN3O4.C17H14ClN3O3.C15H10ClN3O3.C11H8ClN3O2.C11H10ClN3.C8H9ClN2.C8H6ClN/c1-3-26-18(24)16(19(25)27-4-2)12-21-15-10-22-17(23-11-15)9-13-6-5-7-14(20)8-13;1-2-24-17(23)12-8-19-13-9-20-14(21-15(13)16(12)22)7-10-4-3-5-11(18)6-10;16-9-3-1-2-8(4-9)5-12-18-7-11-13(19-12)14(20)10(6-17-11)15(21)22;12-9-3-1-2-8(4-9)5-11-13-6-10(7-14-11)15(16)17;12-9-3-1-2-8(4-9)5-11-14-6-10(13)7-15-11;9-7-3-1-2-6(4-7)5-8(10)11;9-8-3-1-2-7(6-8)4-5-10/h5-8,10-12,21H,3-4,9H2,1-2H3;3-6,8-9H,2,7H2,1H3,(H,19,22);1-4,6-7H,5H2,(H,17,20)(H,21,22);1-4,6-7H,5H2;1-4,6-7H,5,13H2;1-4H,5H2,(H3,10,11);1-3,6H,4H2. The number of carboxylic acid groups (broad SMARTS) is 1. The summed E-state index contributed by atoms with van der Waals surface area (Å²) in [4.78, 5) is 128. The van der Waals surface area contributed by atoms with Crippen LogP contribution in [0.1, 0.15) is 110 Å². The van der Waals surface area contributed by atoms with Crippen LogP contribution in [0.4, 0.5) is 17.1 Å². The lowest BCUT2D eigenvalue weighted by molar-refractivity contribution is -0.385. The van der Waals surface area contributed by atoms with Crippen LogP contribution in [-0.2, 0) is 68.7 Å². The molecule has 14 aromatic rings. The first kappa shape index (κ1) is 97.4. The zero-order valence-corrected chi connectivity index (χ0v) is 72.5. The second kappa shape index (κ2) is 50.5. The fourth-order valence-corrected chi connectivity index (χ4v) is 12.3. The van der Waals surface area contributed by atoms with E-state index in [1.165, 1.54) is 37.2 Å². The van der Waals surface area contributed by atoms with Crippen molar-refractivity contribution in [3.05, 3.63) is 389 Å². The number of amidine groups is 1. The van der Waals surface area contributed by atoms with Crippen LogP contribution in [0.25, 0.3) is 22.1 Å². The lowest BCUT2D eigenvalue weighted by Gasteiger charge is -2.08. The molecule has 0 amide bonds. The predicted octanol–water partition coefficient (Wildman–Crippen LogP) is 17.3. The van der Waals surface area contributed by atoms with Gasteiger partial charge < -0.3 is 46.1 Å². The summed E-state index contributed by atoms with van der Waals surface area (Å²) in [6, 6.07) is 53.7. The Labute approximate surface area is 755 Å². The Morgan fingerprint density at radius 1 is 0.492 bits per heavy atom. The number of pyridine rings is 2. The Balaban J connectivity index is 0.000000186. The normalized spacial score (nSPS) is 10.2. The van der Waals surface area contributed by atoms with Crippen molar-refractivity contribution in [1.29, 1.82) is 10.7 Å². The highest BCUT2D eigenvalue weighted by atomic mass is 35.5. The molecule has 30 nitrogen and oxygen atoms in total. The number of aromatic nitrogens is 12. The van der Waals surface area contributed by atoms with E-state index in [-0.39, 0.29) is 59.1 Å². The average Bonchev–Trinajstić information content (AvgIpc) is 0.795. The van der Waals surface area contributed by atoms with Crippen LogP contribution in [0, 0.1) is 26.9 Å². The van der Waals surface area contributed by atoms with Crippen molar-refractivity contribution in [2.75, 3.05) is 30.9 Å². The molecule has 0 atom stereocenters. The molecule has 0 fully saturated rings. The van der Waals surface area contributed by atoms with Gasteiger partial charge in [0.25, 0.3) is 0 Å². The topological polar surface area (TPSA) is 466 Å². The number of carbonyl (C=O) groups excluding carboxylic acids is 3. The lowest BCUT2D eigenvalue weighted by Crippen LogP contribution is -2.19. The predicted molar refractivity (Wildman–Crippen MR) is 484 cm³/mol. The van der Waals surface area contributed by atoms with E-state index in [1.807, 2.05) is 121 Å². The maximum atomic E-state index is 12.5. The van der Waals surface area contributed by atoms with E-state index in [0.29, 0.717) is 121 Å². The van der Waals surface area contributed by atoms with Gasteiger partial charge in [-0.3, -0.25) is 25.1 Å². The minimum atomic E-state index is -1.29. The number of hydrogen-bond donors (Lipinski definition) is 7. The second-order valence-electron chi connectivity index (χ2n) is 26.1. The summed E-state index contributed by atoms with van der Waals surface area (Å²) in [7, 11) is 0. The number of nitrogen functional groups attached to an aromatic ring is 1. The van der Waals surface area contributed by atoms with Gasteiger partial charge in [-0.25, -0.2) is 69.0 Å². The Morgan fingerprint density at radius 3 is 1.17 bits per heavy atom. The number of benzene rings is 7. The summed E-state index contributed by atoms with van der Waals surface area (Å²) < 4.78 is 14.6. The van der Waals surface area contributed by atoms with Crippen LogP contribution in [0.15, 0.2) is 253 Å². The molecule has 0 saturated heterocycles. The fraction of sp³-hybridized carbons (Fsp3) is 0.146. The zero-order valence-electron chi connectivity index (χ0n) is 67.2. The Hall–Kier alpha value is -14.0. The fourth-order valence-electron chi connectivity index (χ4n) is 10.8. The number of halogens is 7. The van der Waals surface area contributed by atoms with Crippen molar-refractivity contribution in [1.82, 2.24) is 59.8 Å². The summed E-state index contributed by atoms with van der Waals surface area (Å²) in [5.74, 6) is -0.559. The zero-order chi connectivity index (χ0) is 91.0. The number of carboxylic acids is 1. The van der Waals surface area contributed by atoms with E-state index in [1.54, 1.807) is 94.1 Å². The number of rotatable bonds is 23. The molecular formula is C89H77Cl7N18O12. The number of esters is 3. The number of anilines is 2. The van der Waals surface area contributed by atoms with Crippen LogP contribution in [-0.4, -0.2) is 119 Å². The highest BCUT2D eigenvalue weighted by molar-refractivity contribution is 6.32. The number of carbonyl (C=O) groups is 4. The molecule has 0 bridgehead atoms. The van der Waals surface area contributed by atoms with E-state index in [4.69, 9.17) is 123 Å². The molecule has 126 heavy (non-hydrogen) atoms. The van der Waals surface area contributed by atoms with Gasteiger partial charge in [0.15, 0.2) is 5.57 Å². The Kier molecular flexibility index (Phi) is 39.1. The van der Waals surface area contributed by atoms with Crippen molar-refractivity contribution >= 4 is 150 Å². The number of fused-ring (bicyclic) bond motifs is 2. The number of hydrogen-bond acceptors (Lipinski definition) is 25. The smallest absolute Gasteiger partial charge is 0.347 e. The molecule has 37 heteroatoms. The maximum absolute atomic E-state index is 12.5. The van der Waals surface area contributed by atoms with E-state index < -0.39 is 39.7 Å². The minimum Gasteiger partial charge on any atom is -0.477 e. The number of aromatic amines is 2. The molecule has 0 aliphatic heterocycles. The van der Waals surface area contributed by atoms with Gasteiger partial charge in [0.05, 0.1) is 103 Å². The highest BCUT2D eigenvalue weighted by Gasteiger charge is 2.22. The summed E-state index contributed by atoms with van der Waals surface area (Å²) in [6.07, 6.45) is 18.8. The number of nitro groups is 1. The van der Waals surface area contributed by atoms with Crippen molar-refractivity contribution in [2.45, 2.75) is 65.7 Å². The molecule has 0 saturated carbocycles. The van der Waals surface area contributed by atoms with Crippen molar-refractivity contribution in [3.8, 4) is 6.07 Å². The quantitative estimate of drug-likeness (QED) is 0.00360. The van der Waals surface area contributed by atoms with Crippen LogP contribution in [0.2, 0.25) is 35.2 Å². The first-order valence-electron chi connectivity index (χ1n) is 37.8. The molecule has 644 valence electrons. The molecule has 0 aliphatic rings. The van der Waals surface area contributed by atoms with Crippen molar-refractivity contribution in [3.63, 3.8) is 0 Å². The van der Waals surface area contributed by atoms with E-state index >= 15 is 0 Å². The summed E-state index contributed by atoms with van der Waals surface area (Å²) in [5, 5.41) is 42.2. The number of ether oxygens (including phenoxy) is 3. The highest BCUT2D eigenvalue weighted by Crippen LogP contribution is 2.22. The van der Waals surface area contributed by atoms with Gasteiger partial charge in [-0.2, -0.15) is 5.26 Å². The number of nitriles is 1. The number of nitrogens with one attached hydrogen (secondary N) is 4. The van der Waals surface area contributed by atoms with Gasteiger partial charge in [-0.15, -0.1) is 0 Å². The van der Waals surface area contributed by atoms with Crippen LogP contribution < -0.4 is 27.6 Å². The minimum absolute atomic E-state index is 0.0620. The van der Waals surface area contributed by atoms with Gasteiger partial charge in [0.1, 0.15) is 63.7 Å². The Morgan fingerprint density at radius 2 is 0.817 bits per heavy atom. The maximum Gasteiger partial charge on any atom is 0.347 e. The van der Waals surface area contributed by atoms with Gasteiger partial charge in [-0.1, -0.05) is 166 Å². The van der Waals surface area contributed by atoms with Crippen molar-refractivity contribution < 1.29 is 43.4 Å². The molecule has 7 aromatic heterocycles. The third kappa shape index (κ3) is 33.0. The molecule has 0 spiro atoms. The third-order valence-electron chi connectivity index (χ3n) is 16.5. The number of nitrogens with two attached hydrogens (primary N) is 2.